The van der Waals surface area contributed by atoms with E-state index in [-0.39, 0.29) is 0 Å². The van der Waals surface area contributed by atoms with E-state index < -0.39 is 11.8 Å². The molecule has 7 nitrogen and oxygen atoms in total. The summed E-state index contributed by atoms with van der Waals surface area (Å²) in [7, 11) is 0. The minimum absolute atomic E-state index is 0.412. The van der Waals surface area contributed by atoms with Crippen molar-refractivity contribution in [3.63, 3.8) is 0 Å². The molecule has 0 fully saturated rings. The number of hydrazine groups is 1. The van der Waals surface area contributed by atoms with Crippen molar-refractivity contribution in [3.8, 4) is 17.2 Å². The molecule has 2 aromatic rings. The predicted octanol–water partition coefficient (Wildman–Crippen LogP) is 2.33. The van der Waals surface area contributed by atoms with Crippen LogP contribution in [-0.4, -0.2) is 31.6 Å². The van der Waals surface area contributed by atoms with Gasteiger partial charge in [-0.05, 0) is 55.0 Å². The van der Waals surface area contributed by atoms with Crippen LogP contribution in [0.1, 0.15) is 22.8 Å². The number of carbonyl (C=O) groups excluding carboxylic acids is 2. The van der Waals surface area contributed by atoms with Gasteiger partial charge in [0.2, 0.25) is 0 Å². The van der Waals surface area contributed by atoms with Crippen LogP contribution in [0.5, 0.6) is 17.2 Å². The third kappa shape index (κ3) is 5.01. The molecule has 0 radical (unpaired) electrons. The summed E-state index contributed by atoms with van der Waals surface area (Å²) >= 11 is 0. The number of amides is 2. The van der Waals surface area contributed by atoms with Crippen molar-refractivity contribution in [3.05, 3.63) is 59.7 Å². The van der Waals surface area contributed by atoms with Gasteiger partial charge in [0.15, 0.2) is 11.5 Å². The van der Waals surface area contributed by atoms with E-state index in [0.29, 0.717) is 42.6 Å². The van der Waals surface area contributed by atoms with E-state index in [0.717, 1.165) is 5.56 Å². The highest BCUT2D eigenvalue weighted by Gasteiger charge is 2.11. The molecule has 2 aromatic carbocycles. The average molecular weight is 368 g/mol. The van der Waals surface area contributed by atoms with Gasteiger partial charge in [-0.3, -0.25) is 20.4 Å². The molecular weight excluding hydrogens is 348 g/mol. The molecule has 1 aliphatic rings. The van der Waals surface area contributed by atoms with E-state index in [9.17, 15) is 9.59 Å². The molecule has 0 bridgehead atoms. The summed E-state index contributed by atoms with van der Waals surface area (Å²) in [5.74, 6) is 1.14. The Morgan fingerprint density at radius 1 is 1.04 bits per heavy atom. The summed E-state index contributed by atoms with van der Waals surface area (Å²) in [5, 5.41) is 0. The molecule has 0 atom stereocenters. The molecule has 140 valence electrons. The van der Waals surface area contributed by atoms with E-state index in [1.807, 2.05) is 13.0 Å². The van der Waals surface area contributed by atoms with Crippen molar-refractivity contribution in [2.45, 2.75) is 6.92 Å². The highest BCUT2D eigenvalue weighted by Crippen LogP contribution is 2.31. The predicted molar refractivity (Wildman–Crippen MR) is 99.7 cm³/mol. The monoisotopic (exact) mass is 368 g/mol. The number of hydrogen-bond donors (Lipinski definition) is 2. The fourth-order valence-corrected chi connectivity index (χ4v) is 2.44. The minimum Gasteiger partial charge on any atom is -0.494 e. The van der Waals surface area contributed by atoms with Crippen LogP contribution < -0.4 is 25.1 Å². The first-order chi connectivity index (χ1) is 13.2. The number of fused-ring (bicyclic) bond motifs is 1. The van der Waals surface area contributed by atoms with E-state index in [4.69, 9.17) is 14.2 Å². The Morgan fingerprint density at radius 3 is 2.52 bits per heavy atom. The number of carbonyl (C=O) groups is 2. The van der Waals surface area contributed by atoms with Crippen LogP contribution in [0.3, 0.4) is 0 Å². The molecule has 0 saturated heterocycles. The van der Waals surface area contributed by atoms with Gasteiger partial charge in [-0.2, -0.15) is 0 Å². The molecule has 0 spiro atoms. The van der Waals surface area contributed by atoms with Gasteiger partial charge in [-0.15, -0.1) is 0 Å². The van der Waals surface area contributed by atoms with Gasteiger partial charge in [0.1, 0.15) is 19.0 Å². The number of ether oxygens (including phenoxy) is 3. The Bertz CT molecular complexity index is 846. The zero-order valence-electron chi connectivity index (χ0n) is 14.9. The largest absolute Gasteiger partial charge is 0.494 e. The zero-order chi connectivity index (χ0) is 19.1. The standard InChI is InChI=1S/C20H20N2O5/c1-2-25-16-7-5-15(6-8-16)20(24)22-21-19(23)10-4-14-3-9-17-18(13-14)27-12-11-26-17/h3-10,13H,2,11-12H2,1H3,(H,21,23)(H,22,24)/b10-4+. The maximum absolute atomic E-state index is 12.0. The third-order valence-electron chi connectivity index (χ3n) is 3.72. The van der Waals surface area contributed by atoms with Crippen molar-refractivity contribution in [2.24, 2.45) is 0 Å². The maximum Gasteiger partial charge on any atom is 0.269 e. The molecule has 27 heavy (non-hydrogen) atoms. The number of hydrogen-bond acceptors (Lipinski definition) is 5. The maximum atomic E-state index is 12.0. The summed E-state index contributed by atoms with van der Waals surface area (Å²) in [6.45, 7) is 3.46. The molecule has 0 unspecified atom stereocenters. The molecule has 1 aliphatic heterocycles. The van der Waals surface area contributed by atoms with Gasteiger partial charge in [0.05, 0.1) is 6.61 Å². The number of nitrogens with one attached hydrogen (secondary N) is 2. The van der Waals surface area contributed by atoms with Gasteiger partial charge in [-0.1, -0.05) is 6.07 Å². The first-order valence-electron chi connectivity index (χ1n) is 8.56. The lowest BCUT2D eigenvalue weighted by molar-refractivity contribution is -0.117. The summed E-state index contributed by atoms with van der Waals surface area (Å²) in [4.78, 5) is 23.9. The van der Waals surface area contributed by atoms with Gasteiger partial charge < -0.3 is 14.2 Å². The smallest absolute Gasteiger partial charge is 0.269 e. The van der Waals surface area contributed by atoms with Crippen LogP contribution in [0.2, 0.25) is 0 Å². The highest BCUT2D eigenvalue weighted by atomic mass is 16.6. The topological polar surface area (TPSA) is 85.9 Å². The van der Waals surface area contributed by atoms with Crippen LogP contribution in [0.4, 0.5) is 0 Å². The fraction of sp³-hybridized carbons (Fsp3) is 0.200. The van der Waals surface area contributed by atoms with E-state index in [2.05, 4.69) is 10.9 Å². The van der Waals surface area contributed by atoms with Crippen LogP contribution in [0, 0.1) is 0 Å². The SMILES string of the molecule is CCOc1ccc(C(=O)NNC(=O)/C=C/c2ccc3c(c2)OCCO3)cc1. The second-order valence-electron chi connectivity index (χ2n) is 5.64. The second kappa shape index (κ2) is 8.75. The normalized spacial score (nSPS) is 12.5. The van der Waals surface area contributed by atoms with E-state index in [1.54, 1.807) is 42.5 Å². The van der Waals surface area contributed by atoms with Crippen LogP contribution in [0.15, 0.2) is 48.5 Å². The Labute approximate surface area is 156 Å². The molecule has 2 N–H and O–H groups in total. The van der Waals surface area contributed by atoms with Crippen molar-refractivity contribution in [2.75, 3.05) is 19.8 Å². The minimum atomic E-state index is -0.454. The van der Waals surface area contributed by atoms with Crippen molar-refractivity contribution in [1.82, 2.24) is 10.9 Å². The van der Waals surface area contributed by atoms with Gasteiger partial charge in [0.25, 0.3) is 11.8 Å². The molecule has 1 heterocycles. The lowest BCUT2D eigenvalue weighted by Gasteiger charge is -2.18. The van der Waals surface area contributed by atoms with Crippen LogP contribution in [-0.2, 0) is 4.79 Å². The summed E-state index contributed by atoms with van der Waals surface area (Å²) in [5.41, 5.74) is 5.90. The number of rotatable bonds is 5. The quantitative estimate of drug-likeness (QED) is 0.625. The average Bonchev–Trinajstić information content (AvgIpc) is 2.71. The molecule has 0 aliphatic carbocycles. The Balaban J connectivity index is 1.51. The zero-order valence-corrected chi connectivity index (χ0v) is 14.9. The summed E-state index contributed by atoms with van der Waals surface area (Å²) in [6, 6.07) is 12.0. The molecule has 3 rings (SSSR count). The van der Waals surface area contributed by atoms with Gasteiger partial charge in [-0.25, -0.2) is 0 Å². The summed E-state index contributed by atoms with van der Waals surface area (Å²) in [6.07, 6.45) is 2.94. The van der Waals surface area contributed by atoms with Crippen LogP contribution in [0.25, 0.3) is 6.08 Å². The van der Waals surface area contributed by atoms with Gasteiger partial charge in [0, 0.05) is 11.6 Å². The molecule has 7 heteroatoms. The Morgan fingerprint density at radius 2 is 1.78 bits per heavy atom. The Kier molecular flexibility index (Phi) is 5.94. The first-order valence-corrected chi connectivity index (χ1v) is 8.56. The second-order valence-corrected chi connectivity index (χ2v) is 5.64. The van der Waals surface area contributed by atoms with Crippen molar-refractivity contribution < 1.29 is 23.8 Å². The Hall–Kier alpha value is -3.48. The fourth-order valence-electron chi connectivity index (χ4n) is 2.44. The highest BCUT2D eigenvalue weighted by molar-refractivity contribution is 5.98. The van der Waals surface area contributed by atoms with Gasteiger partial charge >= 0.3 is 0 Å². The third-order valence-corrected chi connectivity index (χ3v) is 3.72. The first kappa shape index (κ1) is 18.3. The lowest BCUT2D eigenvalue weighted by atomic mass is 10.2. The van der Waals surface area contributed by atoms with E-state index >= 15 is 0 Å². The van der Waals surface area contributed by atoms with Crippen molar-refractivity contribution >= 4 is 17.9 Å². The molecule has 0 saturated carbocycles. The number of benzene rings is 2. The molecular formula is C20H20N2O5. The molecule has 2 amide bonds. The summed E-state index contributed by atoms with van der Waals surface area (Å²) < 4.78 is 16.3. The van der Waals surface area contributed by atoms with E-state index in [1.165, 1.54) is 6.08 Å². The molecule has 0 aromatic heterocycles. The lowest BCUT2D eigenvalue weighted by Crippen LogP contribution is -2.40. The van der Waals surface area contributed by atoms with Crippen molar-refractivity contribution in [1.29, 1.82) is 0 Å². The van der Waals surface area contributed by atoms with Crippen LogP contribution >= 0.6 is 0 Å².